The van der Waals surface area contributed by atoms with Gasteiger partial charge in [-0.05, 0) is 30.3 Å². The summed E-state index contributed by atoms with van der Waals surface area (Å²) in [5.41, 5.74) is 1.85. The molecule has 0 aliphatic rings. The van der Waals surface area contributed by atoms with E-state index in [4.69, 9.17) is 4.74 Å². The molecule has 0 spiro atoms. The summed E-state index contributed by atoms with van der Waals surface area (Å²) in [6.45, 7) is -1.76. The summed E-state index contributed by atoms with van der Waals surface area (Å²) in [7, 11) is 3.19. The third kappa shape index (κ3) is 6.33. The highest BCUT2D eigenvalue weighted by Gasteiger charge is 2.13. The number of methoxy groups -OCH3 is 1. The highest BCUT2D eigenvalue weighted by Crippen LogP contribution is 2.29. The number of rotatable bonds is 9. The molecule has 2 aromatic rings. The summed E-state index contributed by atoms with van der Waals surface area (Å²) >= 11 is 0. The van der Waals surface area contributed by atoms with Crippen molar-refractivity contribution >= 4 is 5.91 Å². The highest BCUT2D eigenvalue weighted by molar-refractivity contribution is 5.77. The second-order valence-corrected chi connectivity index (χ2v) is 5.80. The minimum absolute atomic E-state index is 0.0190. The van der Waals surface area contributed by atoms with Crippen LogP contribution in [0, 0.1) is 0 Å². The number of carbonyl (C=O) groups excluding carboxylic acids is 1. The van der Waals surface area contributed by atoms with Gasteiger partial charge in [0, 0.05) is 13.1 Å². The molecule has 7 heteroatoms. The molecule has 0 bridgehead atoms. The molecule has 0 radical (unpaired) electrons. The molecule has 140 valence electrons. The number of likely N-dealkylation sites (N-methyl/N-ethyl adjacent to an activating group) is 1. The van der Waals surface area contributed by atoms with Gasteiger partial charge in [-0.3, -0.25) is 9.69 Å². The summed E-state index contributed by atoms with van der Waals surface area (Å²) in [6.07, 6.45) is 0. The lowest BCUT2D eigenvalue weighted by Gasteiger charge is -2.18. The number of carbonyl (C=O) groups is 1. The van der Waals surface area contributed by atoms with E-state index in [0.29, 0.717) is 13.1 Å². The summed E-state index contributed by atoms with van der Waals surface area (Å²) < 4.78 is 34.2. The normalized spacial score (nSPS) is 10.8. The maximum atomic E-state index is 12.4. The molecular formula is C19H22F2N2O3. The van der Waals surface area contributed by atoms with Crippen LogP contribution in [0.3, 0.4) is 0 Å². The molecule has 5 nitrogen and oxygen atoms in total. The monoisotopic (exact) mass is 364 g/mol. The summed E-state index contributed by atoms with van der Waals surface area (Å²) in [4.78, 5) is 13.9. The van der Waals surface area contributed by atoms with E-state index < -0.39 is 6.61 Å². The Balaban J connectivity index is 1.86. The highest BCUT2D eigenvalue weighted by atomic mass is 19.3. The lowest BCUT2D eigenvalue weighted by molar-refractivity contribution is -0.122. The van der Waals surface area contributed by atoms with Gasteiger partial charge in [0.1, 0.15) is 0 Å². The summed E-state index contributed by atoms with van der Waals surface area (Å²) in [5.74, 6) is 0.111. The zero-order valence-electron chi connectivity index (χ0n) is 14.7. The van der Waals surface area contributed by atoms with E-state index in [-0.39, 0.29) is 24.0 Å². The van der Waals surface area contributed by atoms with Gasteiger partial charge in [0.05, 0.1) is 13.7 Å². The van der Waals surface area contributed by atoms with Crippen molar-refractivity contribution in [3.8, 4) is 11.5 Å². The van der Waals surface area contributed by atoms with Crippen molar-refractivity contribution in [2.24, 2.45) is 0 Å². The SMILES string of the molecule is COc1cc(CN(C)CC(=O)NCc2ccccc2)ccc1OC(F)F. The minimum atomic E-state index is -2.91. The zero-order valence-corrected chi connectivity index (χ0v) is 14.7. The first kappa shape index (κ1) is 19.7. The van der Waals surface area contributed by atoms with E-state index in [0.717, 1.165) is 11.1 Å². The molecule has 0 saturated heterocycles. The van der Waals surface area contributed by atoms with Gasteiger partial charge >= 0.3 is 6.61 Å². The number of amides is 1. The van der Waals surface area contributed by atoms with Crippen LogP contribution in [-0.4, -0.2) is 38.1 Å². The Kier molecular flexibility index (Phi) is 7.35. The van der Waals surface area contributed by atoms with Gasteiger partial charge in [0.25, 0.3) is 0 Å². The van der Waals surface area contributed by atoms with Gasteiger partial charge < -0.3 is 14.8 Å². The Bertz CT molecular complexity index is 711. The zero-order chi connectivity index (χ0) is 18.9. The largest absolute Gasteiger partial charge is 0.493 e. The molecule has 1 amide bonds. The van der Waals surface area contributed by atoms with E-state index in [1.165, 1.54) is 13.2 Å². The predicted molar refractivity (Wildman–Crippen MR) is 94.2 cm³/mol. The number of hydrogen-bond acceptors (Lipinski definition) is 4. The topological polar surface area (TPSA) is 50.8 Å². The van der Waals surface area contributed by atoms with Crippen molar-refractivity contribution in [3.05, 3.63) is 59.7 Å². The molecule has 0 aromatic heterocycles. The van der Waals surface area contributed by atoms with Gasteiger partial charge in [0.15, 0.2) is 11.5 Å². The van der Waals surface area contributed by atoms with Crippen LogP contribution < -0.4 is 14.8 Å². The van der Waals surface area contributed by atoms with E-state index in [9.17, 15) is 13.6 Å². The van der Waals surface area contributed by atoms with Crippen LogP contribution in [0.15, 0.2) is 48.5 Å². The Labute approximate surface area is 151 Å². The number of hydrogen-bond donors (Lipinski definition) is 1. The molecule has 0 atom stereocenters. The van der Waals surface area contributed by atoms with E-state index in [2.05, 4.69) is 10.1 Å². The average molecular weight is 364 g/mol. The Morgan fingerprint density at radius 1 is 1.12 bits per heavy atom. The smallest absolute Gasteiger partial charge is 0.387 e. The van der Waals surface area contributed by atoms with Crippen LogP contribution in [0.5, 0.6) is 11.5 Å². The molecule has 2 aromatic carbocycles. The van der Waals surface area contributed by atoms with Crippen LogP contribution in [0.4, 0.5) is 8.78 Å². The van der Waals surface area contributed by atoms with Gasteiger partial charge in [-0.2, -0.15) is 8.78 Å². The molecule has 1 N–H and O–H groups in total. The van der Waals surface area contributed by atoms with Crippen molar-refractivity contribution in [2.75, 3.05) is 20.7 Å². The van der Waals surface area contributed by atoms with Gasteiger partial charge in [-0.1, -0.05) is 36.4 Å². The van der Waals surface area contributed by atoms with Crippen molar-refractivity contribution < 1.29 is 23.0 Å². The summed E-state index contributed by atoms with van der Waals surface area (Å²) in [6, 6.07) is 14.4. The number of halogens is 2. The molecule has 0 saturated carbocycles. The Hall–Kier alpha value is -2.67. The molecule has 0 heterocycles. The lowest BCUT2D eigenvalue weighted by atomic mass is 10.2. The third-order valence-electron chi connectivity index (χ3n) is 3.64. The van der Waals surface area contributed by atoms with Crippen LogP contribution >= 0.6 is 0 Å². The molecule has 2 rings (SSSR count). The molecular weight excluding hydrogens is 342 g/mol. The summed E-state index contributed by atoms with van der Waals surface area (Å²) in [5, 5.41) is 2.86. The van der Waals surface area contributed by atoms with Gasteiger partial charge in [-0.15, -0.1) is 0 Å². The minimum Gasteiger partial charge on any atom is -0.493 e. The first-order valence-corrected chi connectivity index (χ1v) is 8.09. The van der Waals surface area contributed by atoms with Gasteiger partial charge in [-0.25, -0.2) is 0 Å². The third-order valence-corrected chi connectivity index (χ3v) is 3.64. The maximum Gasteiger partial charge on any atom is 0.387 e. The molecule has 0 fully saturated rings. The standard InChI is InChI=1S/C19H22F2N2O3/c1-23(13-18(24)22-11-14-6-4-3-5-7-14)12-15-8-9-16(26-19(20)21)17(10-15)25-2/h3-10,19H,11-13H2,1-2H3,(H,22,24). The lowest BCUT2D eigenvalue weighted by Crippen LogP contribution is -2.34. The van der Waals surface area contributed by atoms with Crippen LogP contribution in [0.2, 0.25) is 0 Å². The number of benzene rings is 2. The average Bonchev–Trinajstić information content (AvgIpc) is 2.61. The molecule has 0 unspecified atom stereocenters. The number of nitrogens with one attached hydrogen (secondary N) is 1. The molecule has 0 aliphatic heterocycles. The van der Waals surface area contributed by atoms with Crippen LogP contribution in [-0.2, 0) is 17.9 Å². The molecule has 26 heavy (non-hydrogen) atoms. The quantitative estimate of drug-likeness (QED) is 0.743. The van der Waals surface area contributed by atoms with Gasteiger partial charge in [0.2, 0.25) is 5.91 Å². The fourth-order valence-electron chi connectivity index (χ4n) is 2.47. The Morgan fingerprint density at radius 2 is 1.85 bits per heavy atom. The van der Waals surface area contributed by atoms with Crippen molar-refractivity contribution in [2.45, 2.75) is 19.7 Å². The molecule has 0 aliphatic carbocycles. The number of ether oxygens (including phenoxy) is 2. The first-order valence-electron chi connectivity index (χ1n) is 8.09. The predicted octanol–water partition coefficient (Wildman–Crippen LogP) is 3.04. The fourth-order valence-corrected chi connectivity index (χ4v) is 2.47. The van der Waals surface area contributed by atoms with E-state index in [1.807, 2.05) is 35.2 Å². The van der Waals surface area contributed by atoms with Crippen molar-refractivity contribution in [3.63, 3.8) is 0 Å². The van der Waals surface area contributed by atoms with E-state index >= 15 is 0 Å². The Morgan fingerprint density at radius 3 is 2.50 bits per heavy atom. The number of nitrogens with zero attached hydrogens (tertiary/aromatic N) is 1. The maximum absolute atomic E-state index is 12.4. The van der Waals surface area contributed by atoms with Crippen LogP contribution in [0.25, 0.3) is 0 Å². The second kappa shape index (κ2) is 9.72. The number of alkyl halides is 2. The van der Waals surface area contributed by atoms with Crippen LogP contribution in [0.1, 0.15) is 11.1 Å². The second-order valence-electron chi connectivity index (χ2n) is 5.80. The van der Waals surface area contributed by atoms with E-state index in [1.54, 1.807) is 19.2 Å². The fraction of sp³-hybridized carbons (Fsp3) is 0.316. The first-order chi connectivity index (χ1) is 12.5. The van der Waals surface area contributed by atoms with Crippen molar-refractivity contribution in [1.82, 2.24) is 10.2 Å². The van der Waals surface area contributed by atoms with Crippen molar-refractivity contribution in [1.29, 1.82) is 0 Å².